The van der Waals surface area contributed by atoms with Gasteiger partial charge in [-0.15, -0.1) is 0 Å². The Kier molecular flexibility index (Phi) is 2.91. The molecular formula is C12H20O2. The molecule has 2 fully saturated rings. The van der Waals surface area contributed by atoms with Crippen molar-refractivity contribution in [2.24, 2.45) is 5.92 Å². The Morgan fingerprint density at radius 1 is 1.07 bits per heavy atom. The number of hydrogen-bond acceptors (Lipinski definition) is 2. The summed E-state index contributed by atoms with van der Waals surface area (Å²) in [6.07, 6.45) is 8.97. The zero-order valence-electron chi connectivity index (χ0n) is 8.80. The highest BCUT2D eigenvalue weighted by atomic mass is 16.3. The molecule has 0 saturated heterocycles. The van der Waals surface area contributed by atoms with Crippen LogP contribution in [0, 0.1) is 5.92 Å². The van der Waals surface area contributed by atoms with Gasteiger partial charge in [0, 0.05) is 12.3 Å². The molecule has 2 nitrogen and oxygen atoms in total. The number of rotatable bonds is 1. The van der Waals surface area contributed by atoms with Crippen molar-refractivity contribution in [3.05, 3.63) is 0 Å². The van der Waals surface area contributed by atoms with Crippen LogP contribution in [0.3, 0.4) is 0 Å². The summed E-state index contributed by atoms with van der Waals surface area (Å²) in [5.41, 5.74) is -0.635. The Morgan fingerprint density at radius 2 is 1.71 bits per heavy atom. The topological polar surface area (TPSA) is 37.3 Å². The molecule has 1 atom stereocenters. The van der Waals surface area contributed by atoms with Gasteiger partial charge in [-0.25, -0.2) is 0 Å². The smallest absolute Gasteiger partial charge is 0.138 e. The first-order valence-corrected chi connectivity index (χ1v) is 5.97. The Labute approximate surface area is 85.7 Å². The average molecular weight is 196 g/mol. The third-order valence-electron chi connectivity index (χ3n) is 3.92. The highest BCUT2D eigenvalue weighted by Crippen LogP contribution is 2.39. The van der Waals surface area contributed by atoms with E-state index in [4.69, 9.17) is 0 Å². The van der Waals surface area contributed by atoms with E-state index in [1.807, 2.05) is 0 Å². The molecule has 0 bridgehead atoms. The van der Waals surface area contributed by atoms with Gasteiger partial charge < -0.3 is 5.11 Å². The second-order valence-corrected chi connectivity index (χ2v) is 4.93. The average Bonchev–Trinajstić information content (AvgIpc) is 2.46. The monoisotopic (exact) mass is 196 g/mol. The first kappa shape index (κ1) is 10.2. The van der Waals surface area contributed by atoms with Crippen LogP contribution in [0.25, 0.3) is 0 Å². The predicted octanol–water partition coefficient (Wildman–Crippen LogP) is 2.44. The zero-order chi connectivity index (χ0) is 10.0. The van der Waals surface area contributed by atoms with Gasteiger partial charge in [-0.3, -0.25) is 4.79 Å². The summed E-state index contributed by atoms with van der Waals surface area (Å²) in [6.45, 7) is 0. The minimum atomic E-state index is -0.635. The number of Topliss-reactive ketones (excluding diaryl/α,β-unsaturated/α-hetero) is 1. The van der Waals surface area contributed by atoms with E-state index in [9.17, 15) is 9.90 Å². The van der Waals surface area contributed by atoms with Crippen molar-refractivity contribution in [2.75, 3.05) is 0 Å². The maximum atomic E-state index is 11.6. The molecule has 2 aliphatic carbocycles. The molecule has 0 spiro atoms. The largest absolute Gasteiger partial charge is 0.389 e. The van der Waals surface area contributed by atoms with E-state index >= 15 is 0 Å². The lowest BCUT2D eigenvalue weighted by Crippen LogP contribution is -2.39. The van der Waals surface area contributed by atoms with Gasteiger partial charge in [-0.1, -0.05) is 25.7 Å². The van der Waals surface area contributed by atoms with Crippen LogP contribution in [0.4, 0.5) is 0 Å². The van der Waals surface area contributed by atoms with Crippen LogP contribution in [0.5, 0.6) is 0 Å². The molecule has 14 heavy (non-hydrogen) atoms. The fraction of sp³-hybridized carbons (Fsp3) is 0.917. The summed E-state index contributed by atoms with van der Waals surface area (Å²) >= 11 is 0. The lowest BCUT2D eigenvalue weighted by atomic mass is 9.80. The van der Waals surface area contributed by atoms with Gasteiger partial charge in [0.15, 0.2) is 0 Å². The van der Waals surface area contributed by atoms with Gasteiger partial charge in [0.25, 0.3) is 0 Å². The summed E-state index contributed by atoms with van der Waals surface area (Å²) in [5, 5.41) is 10.5. The van der Waals surface area contributed by atoms with E-state index in [1.54, 1.807) is 0 Å². The lowest BCUT2D eigenvalue weighted by molar-refractivity contribution is -0.130. The Hall–Kier alpha value is -0.370. The summed E-state index contributed by atoms with van der Waals surface area (Å²) in [6, 6.07) is 0. The van der Waals surface area contributed by atoms with E-state index in [0.717, 1.165) is 38.5 Å². The Balaban J connectivity index is 2.08. The number of hydrogen-bond donors (Lipinski definition) is 1. The Bertz CT molecular complexity index is 214. The van der Waals surface area contributed by atoms with Crippen LogP contribution < -0.4 is 0 Å². The van der Waals surface area contributed by atoms with Gasteiger partial charge in [0.2, 0.25) is 0 Å². The molecule has 1 unspecified atom stereocenters. The van der Waals surface area contributed by atoms with E-state index in [2.05, 4.69) is 0 Å². The first-order chi connectivity index (χ1) is 6.72. The minimum absolute atomic E-state index is 0.0272. The zero-order valence-corrected chi connectivity index (χ0v) is 8.80. The van der Waals surface area contributed by atoms with Gasteiger partial charge in [-0.2, -0.15) is 0 Å². The molecule has 0 heterocycles. The molecule has 0 aliphatic heterocycles. The number of carbonyl (C=O) groups excluding carboxylic acids is 1. The van der Waals surface area contributed by atoms with E-state index in [0.29, 0.717) is 12.2 Å². The predicted molar refractivity (Wildman–Crippen MR) is 55.0 cm³/mol. The van der Waals surface area contributed by atoms with Crippen LogP contribution in [0.15, 0.2) is 0 Å². The number of carbonyl (C=O) groups is 1. The first-order valence-electron chi connectivity index (χ1n) is 5.97. The van der Waals surface area contributed by atoms with Crippen molar-refractivity contribution >= 4 is 5.78 Å². The quantitative estimate of drug-likeness (QED) is 0.654. The van der Waals surface area contributed by atoms with Crippen molar-refractivity contribution in [1.82, 2.24) is 0 Å². The van der Waals surface area contributed by atoms with Crippen molar-refractivity contribution in [2.45, 2.75) is 63.4 Å². The number of aliphatic hydroxyl groups is 1. The van der Waals surface area contributed by atoms with E-state index < -0.39 is 5.60 Å². The molecule has 2 rings (SSSR count). The van der Waals surface area contributed by atoms with E-state index in [-0.39, 0.29) is 5.92 Å². The van der Waals surface area contributed by atoms with Crippen molar-refractivity contribution in [3.63, 3.8) is 0 Å². The van der Waals surface area contributed by atoms with Crippen LogP contribution in [0.2, 0.25) is 0 Å². The van der Waals surface area contributed by atoms with Crippen LogP contribution in [-0.4, -0.2) is 16.5 Å². The second-order valence-electron chi connectivity index (χ2n) is 4.93. The molecule has 0 amide bonds. The van der Waals surface area contributed by atoms with Gasteiger partial charge >= 0.3 is 0 Å². The molecule has 2 heteroatoms. The number of ketones is 1. The van der Waals surface area contributed by atoms with Crippen molar-refractivity contribution in [1.29, 1.82) is 0 Å². The normalized spacial score (nSPS) is 32.9. The summed E-state index contributed by atoms with van der Waals surface area (Å²) in [5.74, 6) is 0.287. The fourth-order valence-corrected chi connectivity index (χ4v) is 3.07. The second kappa shape index (κ2) is 4.01. The van der Waals surface area contributed by atoms with Crippen molar-refractivity contribution < 1.29 is 9.90 Å². The molecule has 0 radical (unpaired) electrons. The third-order valence-corrected chi connectivity index (χ3v) is 3.92. The molecule has 80 valence electrons. The SMILES string of the molecule is O=C1CCCC1C1(O)CCCCCC1. The minimum Gasteiger partial charge on any atom is -0.389 e. The fourth-order valence-electron chi connectivity index (χ4n) is 3.07. The molecule has 2 aliphatic rings. The highest BCUT2D eigenvalue weighted by molar-refractivity contribution is 5.84. The molecular weight excluding hydrogens is 176 g/mol. The molecule has 1 N–H and O–H groups in total. The van der Waals surface area contributed by atoms with Crippen LogP contribution >= 0.6 is 0 Å². The van der Waals surface area contributed by atoms with E-state index in [1.165, 1.54) is 12.8 Å². The van der Waals surface area contributed by atoms with Crippen LogP contribution in [0.1, 0.15) is 57.8 Å². The van der Waals surface area contributed by atoms with Crippen LogP contribution in [-0.2, 0) is 4.79 Å². The standard InChI is InChI=1S/C12H20O2/c13-11-7-5-6-10(11)12(14)8-3-1-2-4-9-12/h10,14H,1-9H2. The summed E-state index contributed by atoms with van der Waals surface area (Å²) < 4.78 is 0. The summed E-state index contributed by atoms with van der Waals surface area (Å²) in [7, 11) is 0. The highest BCUT2D eigenvalue weighted by Gasteiger charge is 2.42. The lowest BCUT2D eigenvalue weighted by Gasteiger charge is -2.32. The van der Waals surface area contributed by atoms with Gasteiger partial charge in [0.1, 0.15) is 5.78 Å². The molecule has 0 aromatic carbocycles. The van der Waals surface area contributed by atoms with Gasteiger partial charge in [0.05, 0.1) is 5.60 Å². The van der Waals surface area contributed by atoms with Gasteiger partial charge in [-0.05, 0) is 25.7 Å². The Morgan fingerprint density at radius 3 is 2.21 bits per heavy atom. The molecule has 0 aromatic rings. The maximum Gasteiger partial charge on any atom is 0.138 e. The molecule has 0 aromatic heterocycles. The maximum absolute atomic E-state index is 11.6. The molecule has 2 saturated carbocycles. The third kappa shape index (κ3) is 1.85. The van der Waals surface area contributed by atoms with Crippen molar-refractivity contribution in [3.8, 4) is 0 Å². The summed E-state index contributed by atoms with van der Waals surface area (Å²) in [4.78, 5) is 11.6.